The third-order valence-electron chi connectivity index (χ3n) is 2.29. The van der Waals surface area contributed by atoms with Crippen LogP contribution in [0.15, 0.2) is 24.3 Å². The molecule has 2 N–H and O–H groups in total. The van der Waals surface area contributed by atoms with Gasteiger partial charge >= 0.3 is 0 Å². The molecule has 0 heterocycles. The molecule has 0 aliphatic heterocycles. The van der Waals surface area contributed by atoms with Crippen molar-refractivity contribution < 1.29 is 4.79 Å². The fraction of sp³-hybridized carbons (Fsp3) is 0.500. The highest BCUT2D eigenvalue weighted by Gasteiger charge is 2.09. The van der Waals surface area contributed by atoms with Gasteiger partial charge in [0.1, 0.15) is 0 Å². The van der Waals surface area contributed by atoms with E-state index in [0.717, 1.165) is 17.8 Å². The van der Waals surface area contributed by atoms with Gasteiger partial charge in [0, 0.05) is 25.7 Å². The lowest BCUT2D eigenvalue weighted by Gasteiger charge is -2.20. The fourth-order valence-electron chi connectivity index (χ4n) is 1.39. The Hall–Kier alpha value is -1.51. The molecule has 17 heavy (non-hydrogen) atoms. The molecule has 0 aliphatic carbocycles. The second kappa shape index (κ2) is 5.71. The van der Waals surface area contributed by atoms with Gasteiger partial charge in [0.2, 0.25) is 5.91 Å². The van der Waals surface area contributed by atoms with E-state index in [-0.39, 0.29) is 11.3 Å². The van der Waals surface area contributed by atoms with Gasteiger partial charge in [0.15, 0.2) is 0 Å². The predicted molar refractivity (Wildman–Crippen MR) is 71.9 cm³/mol. The molecule has 0 bridgehead atoms. The first-order valence-electron chi connectivity index (χ1n) is 5.94. The van der Waals surface area contributed by atoms with E-state index in [1.807, 2.05) is 18.2 Å². The molecular weight excluding hydrogens is 212 g/mol. The van der Waals surface area contributed by atoms with Crippen LogP contribution in [0.3, 0.4) is 0 Å². The smallest absolute Gasteiger partial charge is 0.217 e. The second-order valence-corrected chi connectivity index (χ2v) is 5.52. The van der Waals surface area contributed by atoms with E-state index >= 15 is 0 Å². The summed E-state index contributed by atoms with van der Waals surface area (Å²) in [5.74, 6) is -0.00180. The topological polar surface area (TPSA) is 41.1 Å². The second-order valence-electron chi connectivity index (χ2n) is 5.52. The molecule has 0 saturated heterocycles. The van der Waals surface area contributed by atoms with Crippen LogP contribution in [0, 0.1) is 5.41 Å². The Morgan fingerprint density at radius 3 is 2.59 bits per heavy atom. The van der Waals surface area contributed by atoms with Crippen LogP contribution in [0.5, 0.6) is 0 Å². The number of hydrogen-bond acceptors (Lipinski definition) is 2. The van der Waals surface area contributed by atoms with Gasteiger partial charge in [0.05, 0.1) is 0 Å². The van der Waals surface area contributed by atoms with Crippen molar-refractivity contribution in [3.05, 3.63) is 29.8 Å². The van der Waals surface area contributed by atoms with E-state index in [9.17, 15) is 4.79 Å². The number of rotatable bonds is 4. The van der Waals surface area contributed by atoms with Gasteiger partial charge in [-0.15, -0.1) is 0 Å². The van der Waals surface area contributed by atoms with Crippen molar-refractivity contribution in [3.63, 3.8) is 0 Å². The zero-order valence-corrected chi connectivity index (χ0v) is 11.1. The molecule has 1 amide bonds. The standard InChI is InChI=1S/C14H22N2O/c1-11(17)15-9-12-6-5-7-13(8-12)16-10-14(2,3)4/h5-8,16H,9-10H2,1-4H3,(H,15,17). The van der Waals surface area contributed by atoms with Crippen molar-refractivity contribution in [1.29, 1.82) is 0 Å². The van der Waals surface area contributed by atoms with E-state index < -0.39 is 0 Å². The summed E-state index contributed by atoms with van der Waals surface area (Å²) in [6, 6.07) is 8.13. The van der Waals surface area contributed by atoms with Gasteiger partial charge in [0.25, 0.3) is 0 Å². The van der Waals surface area contributed by atoms with Crippen LogP contribution in [0.1, 0.15) is 33.3 Å². The minimum Gasteiger partial charge on any atom is -0.385 e. The summed E-state index contributed by atoms with van der Waals surface area (Å²) >= 11 is 0. The number of amides is 1. The Bertz CT molecular complexity index is 380. The molecule has 94 valence electrons. The van der Waals surface area contributed by atoms with Crippen LogP contribution in [0.2, 0.25) is 0 Å². The van der Waals surface area contributed by atoms with Crippen molar-refractivity contribution in [2.75, 3.05) is 11.9 Å². The van der Waals surface area contributed by atoms with Crippen molar-refractivity contribution in [3.8, 4) is 0 Å². The Morgan fingerprint density at radius 2 is 2.00 bits per heavy atom. The van der Waals surface area contributed by atoms with Gasteiger partial charge < -0.3 is 10.6 Å². The summed E-state index contributed by atoms with van der Waals surface area (Å²) < 4.78 is 0. The van der Waals surface area contributed by atoms with Crippen LogP contribution in [-0.2, 0) is 11.3 Å². The van der Waals surface area contributed by atoms with Crippen LogP contribution in [0.4, 0.5) is 5.69 Å². The summed E-state index contributed by atoms with van der Waals surface area (Å²) in [7, 11) is 0. The largest absolute Gasteiger partial charge is 0.385 e. The van der Waals surface area contributed by atoms with E-state index in [1.54, 1.807) is 0 Å². The molecule has 0 spiro atoms. The number of hydrogen-bond donors (Lipinski definition) is 2. The average Bonchev–Trinajstić information content (AvgIpc) is 2.23. The monoisotopic (exact) mass is 234 g/mol. The van der Waals surface area contributed by atoms with Gasteiger partial charge in [-0.1, -0.05) is 32.9 Å². The van der Waals surface area contributed by atoms with E-state index in [0.29, 0.717) is 6.54 Å². The number of nitrogens with one attached hydrogen (secondary N) is 2. The predicted octanol–water partition coefficient (Wildman–Crippen LogP) is 2.78. The molecular formula is C14H22N2O. The molecule has 3 nitrogen and oxygen atoms in total. The third kappa shape index (κ3) is 5.95. The zero-order chi connectivity index (χ0) is 12.9. The van der Waals surface area contributed by atoms with Crippen molar-refractivity contribution in [2.45, 2.75) is 34.2 Å². The van der Waals surface area contributed by atoms with E-state index in [4.69, 9.17) is 0 Å². The number of carbonyl (C=O) groups excluding carboxylic acids is 1. The Morgan fingerprint density at radius 1 is 1.29 bits per heavy atom. The maximum absolute atomic E-state index is 10.8. The highest BCUT2D eigenvalue weighted by molar-refractivity contribution is 5.72. The normalized spacial score (nSPS) is 11.1. The van der Waals surface area contributed by atoms with Crippen LogP contribution >= 0.6 is 0 Å². The lowest BCUT2D eigenvalue weighted by Crippen LogP contribution is -2.20. The maximum atomic E-state index is 10.8. The molecule has 3 heteroatoms. The molecule has 0 aromatic heterocycles. The lowest BCUT2D eigenvalue weighted by atomic mass is 9.97. The van der Waals surface area contributed by atoms with Gasteiger partial charge in [-0.2, -0.15) is 0 Å². The minimum atomic E-state index is -0.00180. The highest BCUT2D eigenvalue weighted by Crippen LogP contribution is 2.16. The molecule has 0 saturated carbocycles. The van der Waals surface area contributed by atoms with Crippen LogP contribution in [-0.4, -0.2) is 12.5 Å². The Balaban J connectivity index is 2.56. The molecule has 1 aromatic carbocycles. The molecule has 1 rings (SSSR count). The molecule has 1 aromatic rings. The van der Waals surface area contributed by atoms with Crippen molar-refractivity contribution in [2.24, 2.45) is 5.41 Å². The zero-order valence-electron chi connectivity index (χ0n) is 11.1. The molecule has 0 aliphatic rings. The molecule has 0 unspecified atom stereocenters. The summed E-state index contributed by atoms with van der Waals surface area (Å²) in [5, 5.41) is 6.19. The van der Waals surface area contributed by atoms with Gasteiger partial charge in [-0.25, -0.2) is 0 Å². The average molecular weight is 234 g/mol. The lowest BCUT2D eigenvalue weighted by molar-refractivity contribution is -0.119. The maximum Gasteiger partial charge on any atom is 0.217 e. The van der Waals surface area contributed by atoms with E-state index in [1.165, 1.54) is 6.92 Å². The molecule has 0 radical (unpaired) electrons. The first-order chi connectivity index (χ1) is 7.87. The van der Waals surface area contributed by atoms with Crippen LogP contribution < -0.4 is 10.6 Å². The van der Waals surface area contributed by atoms with Gasteiger partial charge in [-0.05, 0) is 23.1 Å². The number of benzene rings is 1. The third-order valence-corrected chi connectivity index (χ3v) is 2.29. The Kier molecular flexibility index (Phi) is 4.55. The van der Waals surface area contributed by atoms with Crippen molar-refractivity contribution in [1.82, 2.24) is 5.32 Å². The summed E-state index contributed by atoms with van der Waals surface area (Å²) in [4.78, 5) is 10.8. The minimum absolute atomic E-state index is 0.00180. The summed E-state index contributed by atoms with van der Waals surface area (Å²) in [6.45, 7) is 9.63. The number of anilines is 1. The highest BCUT2D eigenvalue weighted by atomic mass is 16.1. The van der Waals surface area contributed by atoms with Gasteiger partial charge in [-0.3, -0.25) is 4.79 Å². The summed E-state index contributed by atoms with van der Waals surface area (Å²) in [6.07, 6.45) is 0. The molecule has 0 fully saturated rings. The van der Waals surface area contributed by atoms with Crippen molar-refractivity contribution >= 4 is 11.6 Å². The SMILES string of the molecule is CC(=O)NCc1cccc(NCC(C)(C)C)c1. The first-order valence-corrected chi connectivity index (χ1v) is 5.94. The quantitative estimate of drug-likeness (QED) is 0.841. The number of carbonyl (C=O) groups is 1. The summed E-state index contributed by atoms with van der Waals surface area (Å²) in [5.41, 5.74) is 2.47. The molecule has 0 atom stereocenters. The Labute approximate surface area is 104 Å². The van der Waals surface area contributed by atoms with Crippen LogP contribution in [0.25, 0.3) is 0 Å². The first kappa shape index (κ1) is 13.6. The van der Waals surface area contributed by atoms with E-state index in [2.05, 4.69) is 37.5 Å². The fourth-order valence-corrected chi connectivity index (χ4v) is 1.39.